The number of rotatable bonds is 8. The highest BCUT2D eigenvalue weighted by atomic mass is 35.5. The standard InChI is InChI=1S/C33H35Cl2N3O3S/c1-3-4-29(39)36-17-19-37(20-18-36)32(41)33(42-28-15-5-23(2)6-16-28)21-30(40)38(22-24-7-11-26(34)12-8-24)31(33)25-9-13-27(35)14-10-25/h5-16,31H,3-4,17-22H2,1-2H3. The van der Waals surface area contributed by atoms with Crippen molar-refractivity contribution < 1.29 is 14.4 Å². The lowest BCUT2D eigenvalue weighted by atomic mass is 9.90. The van der Waals surface area contributed by atoms with Crippen LogP contribution in [0.5, 0.6) is 0 Å². The molecule has 2 saturated heterocycles. The van der Waals surface area contributed by atoms with Crippen molar-refractivity contribution in [1.29, 1.82) is 0 Å². The lowest BCUT2D eigenvalue weighted by molar-refractivity contribution is -0.141. The fourth-order valence-corrected chi connectivity index (χ4v) is 7.55. The van der Waals surface area contributed by atoms with Crippen LogP contribution in [-0.2, 0) is 20.9 Å². The van der Waals surface area contributed by atoms with Crippen molar-refractivity contribution in [3.8, 4) is 0 Å². The molecule has 0 saturated carbocycles. The molecule has 42 heavy (non-hydrogen) atoms. The van der Waals surface area contributed by atoms with E-state index < -0.39 is 10.8 Å². The van der Waals surface area contributed by atoms with E-state index in [0.29, 0.717) is 49.2 Å². The number of thioether (sulfide) groups is 1. The second-order valence-corrected chi connectivity index (χ2v) is 13.3. The van der Waals surface area contributed by atoms with E-state index in [9.17, 15) is 14.4 Å². The lowest BCUT2D eigenvalue weighted by Crippen LogP contribution is -2.57. The summed E-state index contributed by atoms with van der Waals surface area (Å²) in [4.78, 5) is 47.8. The number of amides is 3. The second-order valence-electron chi connectivity index (χ2n) is 11.0. The molecule has 2 heterocycles. The summed E-state index contributed by atoms with van der Waals surface area (Å²) >= 11 is 13.9. The molecule has 3 aromatic rings. The van der Waals surface area contributed by atoms with E-state index in [1.807, 2.05) is 101 Å². The SMILES string of the molecule is CCCC(=O)N1CCN(C(=O)C2(Sc3ccc(C)cc3)CC(=O)N(Cc3ccc(Cl)cc3)C2c2ccc(Cl)cc2)CC1. The molecule has 3 aromatic carbocycles. The van der Waals surface area contributed by atoms with Gasteiger partial charge in [0, 0.05) is 54.1 Å². The van der Waals surface area contributed by atoms with Crippen LogP contribution in [0.2, 0.25) is 10.0 Å². The number of nitrogens with zero attached hydrogens (tertiary/aromatic N) is 3. The van der Waals surface area contributed by atoms with Crippen LogP contribution in [0.3, 0.4) is 0 Å². The smallest absolute Gasteiger partial charge is 0.242 e. The third-order valence-electron chi connectivity index (χ3n) is 8.01. The molecule has 2 fully saturated rings. The first-order chi connectivity index (χ1) is 20.2. The van der Waals surface area contributed by atoms with E-state index in [4.69, 9.17) is 23.2 Å². The molecule has 2 atom stereocenters. The molecule has 2 aliphatic heterocycles. The Labute approximate surface area is 262 Å². The van der Waals surface area contributed by atoms with Crippen LogP contribution < -0.4 is 0 Å². The quantitative estimate of drug-likeness (QED) is 0.278. The van der Waals surface area contributed by atoms with Crippen LogP contribution in [0.25, 0.3) is 0 Å². The van der Waals surface area contributed by atoms with Gasteiger partial charge in [-0.1, -0.05) is 72.1 Å². The van der Waals surface area contributed by atoms with E-state index in [2.05, 4.69) is 0 Å². The summed E-state index contributed by atoms with van der Waals surface area (Å²) in [5, 5.41) is 1.21. The van der Waals surface area contributed by atoms with Gasteiger partial charge in [-0.25, -0.2) is 0 Å². The van der Waals surface area contributed by atoms with Gasteiger partial charge < -0.3 is 14.7 Å². The number of hydrogen-bond donors (Lipinski definition) is 0. The second kappa shape index (κ2) is 13.1. The monoisotopic (exact) mass is 623 g/mol. The lowest BCUT2D eigenvalue weighted by Gasteiger charge is -2.42. The number of piperazine rings is 1. The number of benzene rings is 3. The maximum Gasteiger partial charge on any atom is 0.242 e. The highest BCUT2D eigenvalue weighted by molar-refractivity contribution is 8.01. The van der Waals surface area contributed by atoms with Gasteiger partial charge in [-0.3, -0.25) is 14.4 Å². The minimum atomic E-state index is -1.12. The third kappa shape index (κ3) is 6.48. The molecule has 5 rings (SSSR count). The zero-order valence-electron chi connectivity index (χ0n) is 23.9. The number of carbonyl (C=O) groups excluding carboxylic acids is 3. The normalized spacial score (nSPS) is 20.7. The van der Waals surface area contributed by atoms with E-state index in [-0.39, 0.29) is 24.1 Å². The van der Waals surface area contributed by atoms with Crippen molar-refractivity contribution in [2.45, 2.75) is 55.3 Å². The fraction of sp³-hybridized carbons (Fsp3) is 0.364. The molecular formula is C33H35Cl2N3O3S. The van der Waals surface area contributed by atoms with E-state index in [1.165, 1.54) is 11.8 Å². The Balaban J connectivity index is 1.56. The molecule has 2 unspecified atom stereocenters. The molecule has 0 spiro atoms. The molecule has 0 aromatic heterocycles. The van der Waals surface area contributed by atoms with Gasteiger partial charge >= 0.3 is 0 Å². The van der Waals surface area contributed by atoms with Gasteiger partial charge in [0.1, 0.15) is 4.75 Å². The summed E-state index contributed by atoms with van der Waals surface area (Å²) in [6, 6.07) is 22.4. The highest BCUT2D eigenvalue weighted by Gasteiger charge is 2.59. The van der Waals surface area contributed by atoms with E-state index >= 15 is 0 Å². The summed E-state index contributed by atoms with van der Waals surface area (Å²) in [6.07, 6.45) is 1.36. The largest absolute Gasteiger partial charge is 0.339 e. The van der Waals surface area contributed by atoms with Gasteiger partial charge in [0.15, 0.2) is 0 Å². The van der Waals surface area contributed by atoms with Gasteiger partial charge in [0.25, 0.3) is 0 Å². The molecule has 2 aliphatic rings. The van der Waals surface area contributed by atoms with Crippen LogP contribution in [0.15, 0.2) is 77.7 Å². The number of aryl methyl sites for hydroxylation is 1. The van der Waals surface area contributed by atoms with Crippen molar-refractivity contribution in [1.82, 2.24) is 14.7 Å². The first-order valence-corrected chi connectivity index (χ1v) is 15.9. The predicted molar refractivity (Wildman–Crippen MR) is 169 cm³/mol. The summed E-state index contributed by atoms with van der Waals surface area (Å²) in [5.74, 6) is -0.0465. The highest BCUT2D eigenvalue weighted by Crippen LogP contribution is 2.54. The van der Waals surface area contributed by atoms with E-state index in [1.54, 1.807) is 0 Å². The molecule has 0 radical (unpaired) electrons. The number of likely N-dealkylation sites (tertiary alicyclic amines) is 1. The third-order valence-corrected chi connectivity index (χ3v) is 9.92. The van der Waals surface area contributed by atoms with Crippen molar-refractivity contribution in [2.24, 2.45) is 0 Å². The van der Waals surface area contributed by atoms with Crippen molar-refractivity contribution in [3.63, 3.8) is 0 Å². The van der Waals surface area contributed by atoms with Gasteiger partial charge in [-0.2, -0.15) is 0 Å². The first kappa shape index (κ1) is 30.5. The Morgan fingerprint density at radius 1 is 0.857 bits per heavy atom. The zero-order chi connectivity index (χ0) is 29.9. The topological polar surface area (TPSA) is 60.9 Å². The molecule has 0 aliphatic carbocycles. The predicted octanol–water partition coefficient (Wildman–Crippen LogP) is 6.78. The fourth-order valence-electron chi connectivity index (χ4n) is 5.82. The summed E-state index contributed by atoms with van der Waals surface area (Å²) < 4.78 is -1.12. The minimum absolute atomic E-state index is 0.0558. The Morgan fingerprint density at radius 2 is 1.43 bits per heavy atom. The maximum absolute atomic E-state index is 14.8. The Morgan fingerprint density at radius 3 is 2.02 bits per heavy atom. The molecular weight excluding hydrogens is 589 g/mol. The van der Waals surface area contributed by atoms with Crippen LogP contribution in [0.1, 0.15) is 48.9 Å². The van der Waals surface area contributed by atoms with Crippen LogP contribution in [0, 0.1) is 6.92 Å². The van der Waals surface area contributed by atoms with Crippen LogP contribution in [0.4, 0.5) is 0 Å². The summed E-state index contributed by atoms with van der Waals surface area (Å²) in [6.45, 7) is 6.21. The molecule has 220 valence electrons. The Hall–Kier alpha value is -3.00. The molecule has 9 heteroatoms. The maximum atomic E-state index is 14.8. The summed E-state index contributed by atoms with van der Waals surface area (Å²) in [7, 11) is 0. The van der Waals surface area contributed by atoms with Gasteiger partial charge in [-0.15, -0.1) is 11.8 Å². The van der Waals surface area contributed by atoms with Gasteiger partial charge in [0.05, 0.1) is 12.5 Å². The summed E-state index contributed by atoms with van der Waals surface area (Å²) in [5.41, 5.74) is 2.90. The van der Waals surface area contributed by atoms with Crippen molar-refractivity contribution in [2.75, 3.05) is 26.2 Å². The van der Waals surface area contributed by atoms with E-state index in [0.717, 1.165) is 28.0 Å². The average molecular weight is 625 g/mol. The van der Waals surface area contributed by atoms with Gasteiger partial charge in [-0.05, 0) is 60.9 Å². The number of halogens is 2. The molecule has 0 N–H and O–H groups in total. The zero-order valence-corrected chi connectivity index (χ0v) is 26.2. The molecule has 6 nitrogen and oxygen atoms in total. The van der Waals surface area contributed by atoms with Crippen molar-refractivity contribution >= 4 is 52.7 Å². The van der Waals surface area contributed by atoms with Crippen LogP contribution >= 0.6 is 35.0 Å². The number of hydrogen-bond acceptors (Lipinski definition) is 4. The Bertz CT molecular complexity index is 1420. The molecule has 3 amide bonds. The van der Waals surface area contributed by atoms with Crippen molar-refractivity contribution in [3.05, 3.63) is 99.5 Å². The van der Waals surface area contributed by atoms with Gasteiger partial charge in [0.2, 0.25) is 17.7 Å². The molecule has 0 bridgehead atoms. The Kier molecular flexibility index (Phi) is 9.50. The minimum Gasteiger partial charge on any atom is -0.339 e. The number of carbonyl (C=O) groups is 3. The van der Waals surface area contributed by atoms with Crippen LogP contribution in [-0.4, -0.2) is 63.3 Å². The average Bonchev–Trinajstić information content (AvgIpc) is 3.26. The first-order valence-electron chi connectivity index (χ1n) is 14.3.